The maximum atomic E-state index is 12.3. The van der Waals surface area contributed by atoms with Crippen LogP contribution in [0.4, 0.5) is 5.69 Å². The SMILES string of the molecule is CCOc1cc(/C=N\NC(=O)C(=O)Nc2ccc(Cl)c(Cl)c2)ccc1OC(=O)c1ccccc1. The lowest BCUT2D eigenvalue weighted by atomic mass is 10.2. The number of ether oxygens (including phenoxy) is 2. The predicted octanol–water partition coefficient (Wildman–Crippen LogP) is 4.70. The van der Waals surface area contributed by atoms with Crippen LogP contribution in [0, 0.1) is 0 Å². The van der Waals surface area contributed by atoms with Gasteiger partial charge >= 0.3 is 17.8 Å². The Morgan fingerprint density at radius 3 is 2.38 bits per heavy atom. The maximum absolute atomic E-state index is 12.3. The third-order valence-electron chi connectivity index (χ3n) is 4.24. The summed E-state index contributed by atoms with van der Waals surface area (Å²) >= 11 is 11.7. The molecular weight excluding hydrogens is 481 g/mol. The summed E-state index contributed by atoms with van der Waals surface area (Å²) in [6, 6.07) is 17.7. The van der Waals surface area contributed by atoms with E-state index in [0.717, 1.165) is 0 Å². The maximum Gasteiger partial charge on any atom is 0.343 e. The van der Waals surface area contributed by atoms with Crippen LogP contribution in [-0.4, -0.2) is 30.6 Å². The van der Waals surface area contributed by atoms with Crippen molar-refractivity contribution in [1.29, 1.82) is 0 Å². The van der Waals surface area contributed by atoms with E-state index in [1.54, 1.807) is 55.5 Å². The first-order chi connectivity index (χ1) is 16.4. The molecule has 174 valence electrons. The molecule has 2 N–H and O–H groups in total. The molecule has 0 bridgehead atoms. The van der Waals surface area contributed by atoms with Gasteiger partial charge < -0.3 is 14.8 Å². The number of halogens is 2. The molecular formula is C24H19Cl2N3O5. The molecule has 0 aliphatic heterocycles. The molecule has 0 radical (unpaired) electrons. The fourth-order valence-corrected chi connectivity index (χ4v) is 2.97. The van der Waals surface area contributed by atoms with E-state index in [-0.39, 0.29) is 10.8 Å². The fraction of sp³-hybridized carbons (Fsp3) is 0.0833. The number of hydrazone groups is 1. The smallest absolute Gasteiger partial charge is 0.343 e. The van der Waals surface area contributed by atoms with Crippen LogP contribution in [0.3, 0.4) is 0 Å². The van der Waals surface area contributed by atoms with Crippen molar-refractivity contribution in [1.82, 2.24) is 5.43 Å². The zero-order valence-electron chi connectivity index (χ0n) is 17.9. The Morgan fingerprint density at radius 1 is 0.912 bits per heavy atom. The first-order valence-corrected chi connectivity index (χ1v) is 10.8. The van der Waals surface area contributed by atoms with E-state index in [0.29, 0.717) is 34.2 Å². The van der Waals surface area contributed by atoms with Gasteiger partial charge in [-0.2, -0.15) is 5.10 Å². The molecule has 0 saturated heterocycles. The molecule has 3 aromatic rings. The van der Waals surface area contributed by atoms with E-state index in [4.69, 9.17) is 32.7 Å². The molecule has 2 amide bonds. The Bertz CT molecular complexity index is 1230. The molecule has 0 heterocycles. The molecule has 0 aliphatic carbocycles. The normalized spacial score (nSPS) is 10.6. The van der Waals surface area contributed by atoms with Crippen LogP contribution in [0.5, 0.6) is 11.5 Å². The third-order valence-corrected chi connectivity index (χ3v) is 4.98. The predicted molar refractivity (Wildman–Crippen MR) is 130 cm³/mol. The van der Waals surface area contributed by atoms with Gasteiger partial charge in [0, 0.05) is 5.69 Å². The van der Waals surface area contributed by atoms with Gasteiger partial charge in [0.05, 0.1) is 28.4 Å². The highest BCUT2D eigenvalue weighted by molar-refractivity contribution is 6.43. The number of anilines is 1. The van der Waals surface area contributed by atoms with E-state index >= 15 is 0 Å². The van der Waals surface area contributed by atoms with Crippen molar-refractivity contribution in [2.75, 3.05) is 11.9 Å². The molecule has 0 unspecified atom stereocenters. The van der Waals surface area contributed by atoms with Gasteiger partial charge in [0.15, 0.2) is 11.5 Å². The number of nitrogens with zero attached hydrogens (tertiary/aromatic N) is 1. The Labute approximate surface area is 205 Å². The lowest BCUT2D eigenvalue weighted by molar-refractivity contribution is -0.136. The average molecular weight is 500 g/mol. The van der Waals surface area contributed by atoms with Crippen LogP contribution in [0.15, 0.2) is 71.8 Å². The molecule has 3 aromatic carbocycles. The topological polar surface area (TPSA) is 106 Å². The molecule has 0 spiro atoms. The summed E-state index contributed by atoms with van der Waals surface area (Å²) in [6.07, 6.45) is 1.32. The zero-order chi connectivity index (χ0) is 24.5. The number of amides is 2. The number of rotatable bonds is 7. The summed E-state index contributed by atoms with van der Waals surface area (Å²) in [7, 11) is 0. The first-order valence-electron chi connectivity index (χ1n) is 10.0. The fourth-order valence-electron chi connectivity index (χ4n) is 2.67. The van der Waals surface area contributed by atoms with E-state index in [1.807, 2.05) is 0 Å². The van der Waals surface area contributed by atoms with Crippen LogP contribution in [-0.2, 0) is 9.59 Å². The molecule has 8 nitrogen and oxygen atoms in total. The van der Waals surface area contributed by atoms with Crippen molar-refractivity contribution in [3.63, 3.8) is 0 Å². The summed E-state index contributed by atoms with van der Waals surface area (Å²) in [5, 5.41) is 6.72. The van der Waals surface area contributed by atoms with Gasteiger partial charge in [-0.15, -0.1) is 0 Å². The highest BCUT2D eigenvalue weighted by Gasteiger charge is 2.15. The van der Waals surface area contributed by atoms with Gasteiger partial charge in [-0.05, 0) is 61.0 Å². The Kier molecular flexibility index (Phi) is 8.61. The second-order valence-electron chi connectivity index (χ2n) is 6.68. The van der Waals surface area contributed by atoms with Crippen molar-refractivity contribution in [3.05, 3.63) is 87.9 Å². The van der Waals surface area contributed by atoms with Crippen LogP contribution in [0.25, 0.3) is 0 Å². The second-order valence-corrected chi connectivity index (χ2v) is 7.49. The van der Waals surface area contributed by atoms with Gasteiger partial charge in [0.25, 0.3) is 0 Å². The summed E-state index contributed by atoms with van der Waals surface area (Å²) in [5.74, 6) is -1.89. The highest BCUT2D eigenvalue weighted by atomic mass is 35.5. The molecule has 3 rings (SSSR count). The van der Waals surface area contributed by atoms with Crippen LogP contribution in [0.2, 0.25) is 10.0 Å². The minimum absolute atomic E-state index is 0.234. The lowest BCUT2D eigenvalue weighted by Crippen LogP contribution is -2.32. The monoisotopic (exact) mass is 499 g/mol. The van der Waals surface area contributed by atoms with E-state index in [2.05, 4.69) is 15.8 Å². The number of benzene rings is 3. The highest BCUT2D eigenvalue weighted by Crippen LogP contribution is 2.29. The largest absolute Gasteiger partial charge is 0.490 e. The van der Waals surface area contributed by atoms with Crippen molar-refractivity contribution in [2.24, 2.45) is 5.10 Å². The number of hydrogen-bond donors (Lipinski definition) is 2. The van der Waals surface area contributed by atoms with Crippen LogP contribution in [0.1, 0.15) is 22.8 Å². The molecule has 10 heteroatoms. The minimum Gasteiger partial charge on any atom is -0.490 e. The van der Waals surface area contributed by atoms with Gasteiger partial charge in [-0.3, -0.25) is 9.59 Å². The molecule has 0 aliphatic rings. The summed E-state index contributed by atoms with van der Waals surface area (Å²) < 4.78 is 11.0. The molecule has 0 fully saturated rings. The molecule has 0 atom stereocenters. The average Bonchev–Trinajstić information content (AvgIpc) is 2.83. The quantitative estimate of drug-likeness (QED) is 0.161. The van der Waals surface area contributed by atoms with Crippen LogP contribution >= 0.6 is 23.2 Å². The summed E-state index contributed by atoms with van der Waals surface area (Å²) in [4.78, 5) is 36.3. The summed E-state index contributed by atoms with van der Waals surface area (Å²) in [6.45, 7) is 2.12. The van der Waals surface area contributed by atoms with Crippen molar-refractivity contribution in [2.45, 2.75) is 6.92 Å². The summed E-state index contributed by atoms with van der Waals surface area (Å²) in [5.41, 5.74) is 3.37. The molecule has 0 saturated carbocycles. The Morgan fingerprint density at radius 2 is 1.68 bits per heavy atom. The van der Waals surface area contributed by atoms with Gasteiger partial charge in [0.2, 0.25) is 0 Å². The minimum atomic E-state index is -0.985. The standard InChI is InChI=1S/C24H19Cl2N3O5/c1-2-33-21-12-15(8-11-20(21)34-24(32)16-6-4-3-5-7-16)14-27-29-23(31)22(30)28-17-9-10-18(25)19(26)13-17/h3-14H,2H2,1H3,(H,28,30)(H,29,31)/b27-14-. The second kappa shape index (κ2) is 11.8. The lowest BCUT2D eigenvalue weighted by Gasteiger charge is -2.11. The number of esters is 1. The number of hydrogen-bond acceptors (Lipinski definition) is 6. The van der Waals surface area contributed by atoms with Crippen molar-refractivity contribution in [3.8, 4) is 11.5 Å². The van der Waals surface area contributed by atoms with Gasteiger partial charge in [-0.25, -0.2) is 10.2 Å². The van der Waals surface area contributed by atoms with Crippen molar-refractivity contribution >= 4 is 52.9 Å². The van der Waals surface area contributed by atoms with Gasteiger partial charge in [-0.1, -0.05) is 41.4 Å². The number of carbonyl (C=O) groups is 3. The van der Waals surface area contributed by atoms with Crippen LogP contribution < -0.4 is 20.2 Å². The molecule has 0 aromatic heterocycles. The third kappa shape index (κ3) is 6.81. The zero-order valence-corrected chi connectivity index (χ0v) is 19.4. The number of nitrogens with one attached hydrogen (secondary N) is 2. The van der Waals surface area contributed by atoms with Crippen molar-refractivity contribution < 1.29 is 23.9 Å². The van der Waals surface area contributed by atoms with E-state index in [1.165, 1.54) is 24.4 Å². The Balaban J connectivity index is 1.62. The van der Waals surface area contributed by atoms with E-state index < -0.39 is 17.8 Å². The molecule has 34 heavy (non-hydrogen) atoms. The van der Waals surface area contributed by atoms with Gasteiger partial charge in [0.1, 0.15) is 0 Å². The van der Waals surface area contributed by atoms with E-state index in [9.17, 15) is 14.4 Å². The Hall–Kier alpha value is -3.88. The first kappa shape index (κ1) is 24.8. The number of carbonyl (C=O) groups excluding carboxylic acids is 3.